The summed E-state index contributed by atoms with van der Waals surface area (Å²) >= 11 is 1.60. The summed E-state index contributed by atoms with van der Waals surface area (Å²) in [5.41, 5.74) is 1.61. The molecule has 0 bridgehead atoms. The number of benzene rings is 1. The molecule has 5 rings (SSSR count). The van der Waals surface area contributed by atoms with Gasteiger partial charge in [-0.1, -0.05) is 23.5 Å². The minimum atomic E-state index is -0.153. The number of rotatable bonds is 7. The summed E-state index contributed by atoms with van der Waals surface area (Å²) in [5.74, 6) is -0.00825. The van der Waals surface area contributed by atoms with Gasteiger partial charge in [-0.05, 0) is 50.1 Å². The standard InChI is InChI=1S/C25H31FN6OS/c26-20-7-1-2-9-22(20)31-16-14-30(15-17-31)12-5-11-27-23(33)19-6-4-13-32(18-19)25-29-21-8-3-10-28-24(21)34-25/h1-3,7-10,19H,4-6,11-18H2,(H,27,33)/t19-/m0/s1. The first-order valence-electron chi connectivity index (χ1n) is 12.1. The van der Waals surface area contributed by atoms with E-state index in [4.69, 9.17) is 4.98 Å². The predicted molar refractivity (Wildman–Crippen MR) is 135 cm³/mol. The van der Waals surface area contributed by atoms with Crippen molar-refractivity contribution in [1.29, 1.82) is 0 Å². The first-order chi connectivity index (χ1) is 16.7. The fourth-order valence-electron chi connectivity index (χ4n) is 4.84. The monoisotopic (exact) mass is 482 g/mol. The minimum absolute atomic E-state index is 0.00182. The Morgan fingerprint density at radius 1 is 1.09 bits per heavy atom. The molecular weight excluding hydrogens is 451 g/mol. The molecule has 0 radical (unpaired) electrons. The van der Waals surface area contributed by atoms with Gasteiger partial charge < -0.3 is 15.1 Å². The minimum Gasteiger partial charge on any atom is -0.367 e. The number of piperidine rings is 1. The molecule has 1 N–H and O–H groups in total. The summed E-state index contributed by atoms with van der Waals surface area (Å²) in [6, 6.07) is 10.9. The Hall–Kier alpha value is -2.78. The molecule has 2 saturated heterocycles. The fraction of sp³-hybridized carbons (Fsp3) is 0.480. The number of para-hydroxylation sites is 1. The molecule has 7 nitrogen and oxygen atoms in total. The van der Waals surface area contributed by atoms with E-state index in [-0.39, 0.29) is 17.6 Å². The van der Waals surface area contributed by atoms with E-state index in [1.165, 1.54) is 6.07 Å². The lowest BCUT2D eigenvalue weighted by Gasteiger charge is -2.36. The molecular formula is C25H31FN6OS. The summed E-state index contributed by atoms with van der Waals surface area (Å²) in [6.07, 6.45) is 4.63. The lowest BCUT2D eigenvalue weighted by molar-refractivity contribution is -0.125. The average Bonchev–Trinajstić information content (AvgIpc) is 3.32. The van der Waals surface area contributed by atoms with Crippen LogP contribution in [0.3, 0.4) is 0 Å². The normalized spacial score (nSPS) is 19.5. The number of anilines is 2. The van der Waals surface area contributed by atoms with Crippen LogP contribution in [0.25, 0.3) is 10.3 Å². The Labute approximate surface area is 203 Å². The fourth-order valence-corrected chi connectivity index (χ4v) is 5.78. The molecule has 1 amide bonds. The summed E-state index contributed by atoms with van der Waals surface area (Å²) in [7, 11) is 0. The van der Waals surface area contributed by atoms with Crippen LogP contribution in [0, 0.1) is 11.7 Å². The molecule has 1 atom stereocenters. The molecule has 2 fully saturated rings. The molecule has 1 aromatic carbocycles. The number of hydrogen-bond acceptors (Lipinski definition) is 7. The molecule has 180 valence electrons. The number of pyridine rings is 1. The number of hydrogen-bond donors (Lipinski definition) is 1. The van der Waals surface area contributed by atoms with Gasteiger partial charge in [0.15, 0.2) is 5.13 Å². The van der Waals surface area contributed by atoms with E-state index >= 15 is 0 Å². The van der Waals surface area contributed by atoms with E-state index in [9.17, 15) is 9.18 Å². The lowest BCUT2D eigenvalue weighted by Crippen LogP contribution is -2.47. The van der Waals surface area contributed by atoms with Crippen molar-refractivity contribution >= 4 is 38.4 Å². The number of carbonyl (C=O) groups excluding carboxylic acids is 1. The van der Waals surface area contributed by atoms with Crippen molar-refractivity contribution in [2.45, 2.75) is 19.3 Å². The zero-order chi connectivity index (χ0) is 23.3. The highest BCUT2D eigenvalue weighted by Crippen LogP contribution is 2.30. The van der Waals surface area contributed by atoms with Crippen molar-refractivity contribution in [1.82, 2.24) is 20.2 Å². The van der Waals surface area contributed by atoms with Gasteiger partial charge in [0.1, 0.15) is 16.2 Å². The maximum atomic E-state index is 14.0. The zero-order valence-corrected chi connectivity index (χ0v) is 20.1. The van der Waals surface area contributed by atoms with E-state index in [1.807, 2.05) is 24.3 Å². The molecule has 2 aliphatic heterocycles. The number of fused-ring (bicyclic) bond motifs is 1. The van der Waals surface area contributed by atoms with Crippen LogP contribution in [0.15, 0.2) is 42.6 Å². The number of nitrogens with one attached hydrogen (secondary N) is 1. The smallest absolute Gasteiger partial charge is 0.224 e. The van der Waals surface area contributed by atoms with Crippen molar-refractivity contribution in [2.75, 3.05) is 62.2 Å². The second-order valence-corrected chi connectivity index (χ2v) is 9.99. The quantitative estimate of drug-likeness (QED) is 0.521. The van der Waals surface area contributed by atoms with Gasteiger partial charge in [0.2, 0.25) is 5.91 Å². The summed E-state index contributed by atoms with van der Waals surface area (Å²) in [5, 5.41) is 4.11. The van der Waals surface area contributed by atoms with Crippen molar-refractivity contribution in [3.05, 3.63) is 48.4 Å². The molecule has 4 heterocycles. The van der Waals surface area contributed by atoms with Crippen molar-refractivity contribution < 1.29 is 9.18 Å². The van der Waals surface area contributed by atoms with Crippen molar-refractivity contribution in [2.24, 2.45) is 5.92 Å². The molecule has 2 aliphatic rings. The Morgan fingerprint density at radius 2 is 1.94 bits per heavy atom. The summed E-state index contributed by atoms with van der Waals surface area (Å²) in [6.45, 7) is 6.76. The maximum absolute atomic E-state index is 14.0. The van der Waals surface area contributed by atoms with Gasteiger partial charge in [-0.15, -0.1) is 0 Å². The second-order valence-electron chi connectivity index (χ2n) is 9.03. The first-order valence-corrected chi connectivity index (χ1v) is 12.9. The molecule has 2 aromatic heterocycles. The van der Waals surface area contributed by atoms with Gasteiger partial charge >= 0.3 is 0 Å². The average molecular weight is 483 g/mol. The summed E-state index contributed by atoms with van der Waals surface area (Å²) < 4.78 is 14.0. The maximum Gasteiger partial charge on any atom is 0.224 e. The van der Waals surface area contributed by atoms with Crippen LogP contribution in [-0.4, -0.2) is 73.1 Å². The SMILES string of the molecule is O=C(NCCCN1CCN(c2ccccc2F)CC1)[C@H]1CCCN(c2nc3cccnc3s2)C1. The molecule has 3 aromatic rings. The van der Waals surface area contributed by atoms with Crippen LogP contribution in [0.5, 0.6) is 0 Å². The van der Waals surface area contributed by atoms with Gasteiger partial charge in [0, 0.05) is 52.0 Å². The third-order valence-corrected chi connectivity index (χ3v) is 7.77. The predicted octanol–water partition coefficient (Wildman–Crippen LogP) is 3.38. The van der Waals surface area contributed by atoms with Crippen LogP contribution < -0.4 is 15.1 Å². The van der Waals surface area contributed by atoms with Crippen molar-refractivity contribution in [3.8, 4) is 0 Å². The number of halogens is 1. The van der Waals surface area contributed by atoms with Crippen LogP contribution in [0.2, 0.25) is 0 Å². The van der Waals surface area contributed by atoms with Gasteiger partial charge in [-0.25, -0.2) is 14.4 Å². The van der Waals surface area contributed by atoms with E-state index in [1.54, 1.807) is 23.6 Å². The zero-order valence-electron chi connectivity index (χ0n) is 19.3. The molecule has 0 unspecified atom stereocenters. The lowest BCUT2D eigenvalue weighted by atomic mass is 9.97. The van der Waals surface area contributed by atoms with Crippen LogP contribution in [0.4, 0.5) is 15.2 Å². The van der Waals surface area contributed by atoms with Crippen molar-refractivity contribution in [3.63, 3.8) is 0 Å². The highest BCUT2D eigenvalue weighted by Gasteiger charge is 2.27. The van der Waals surface area contributed by atoms with E-state index in [2.05, 4.69) is 25.0 Å². The third kappa shape index (κ3) is 5.31. The first kappa shape index (κ1) is 23.0. The Morgan fingerprint density at radius 3 is 2.76 bits per heavy atom. The Bertz CT molecular complexity index is 1080. The van der Waals surface area contributed by atoms with Crippen LogP contribution in [-0.2, 0) is 4.79 Å². The highest BCUT2D eigenvalue weighted by molar-refractivity contribution is 7.21. The van der Waals surface area contributed by atoms with E-state index < -0.39 is 0 Å². The summed E-state index contributed by atoms with van der Waals surface area (Å²) in [4.78, 5) is 29.6. The molecule has 34 heavy (non-hydrogen) atoms. The van der Waals surface area contributed by atoms with E-state index in [0.717, 1.165) is 74.0 Å². The third-order valence-electron chi connectivity index (χ3n) is 6.73. The van der Waals surface area contributed by atoms with Gasteiger partial charge in [-0.3, -0.25) is 9.69 Å². The highest BCUT2D eigenvalue weighted by atomic mass is 32.1. The molecule has 0 spiro atoms. The Balaban J connectivity index is 1.03. The number of piperazine rings is 1. The van der Waals surface area contributed by atoms with Crippen LogP contribution in [0.1, 0.15) is 19.3 Å². The topological polar surface area (TPSA) is 64.6 Å². The van der Waals surface area contributed by atoms with Crippen LogP contribution >= 0.6 is 11.3 Å². The number of thiazole rings is 1. The number of aromatic nitrogens is 2. The number of nitrogens with zero attached hydrogens (tertiary/aromatic N) is 5. The van der Waals surface area contributed by atoms with E-state index in [0.29, 0.717) is 18.8 Å². The number of carbonyl (C=O) groups is 1. The Kier molecular flexibility index (Phi) is 7.20. The largest absolute Gasteiger partial charge is 0.367 e. The molecule has 9 heteroatoms. The number of amides is 1. The van der Waals surface area contributed by atoms with Gasteiger partial charge in [0.05, 0.1) is 11.6 Å². The second kappa shape index (κ2) is 10.7. The van der Waals surface area contributed by atoms with Gasteiger partial charge in [0.25, 0.3) is 0 Å². The van der Waals surface area contributed by atoms with Gasteiger partial charge in [-0.2, -0.15) is 0 Å². The molecule has 0 aliphatic carbocycles. The molecule has 0 saturated carbocycles.